The largest absolute Gasteiger partial charge is 0.459 e. The Morgan fingerprint density at radius 2 is 1.74 bits per heavy atom. The van der Waals surface area contributed by atoms with E-state index in [0.29, 0.717) is 56.0 Å². The molecule has 8 nitrogen and oxygen atoms in total. The van der Waals surface area contributed by atoms with E-state index >= 15 is 0 Å². The first-order chi connectivity index (χ1) is 14.3. The predicted molar refractivity (Wildman–Crippen MR) is 124 cm³/mol. The van der Waals surface area contributed by atoms with Gasteiger partial charge in [0.2, 0.25) is 10.0 Å². The number of sulfonamides is 1. The number of aryl methyl sites for hydroxylation is 1. The zero-order chi connectivity index (χ0) is 21.5. The molecule has 1 saturated heterocycles. The predicted octanol–water partition coefficient (Wildman–Crippen LogP) is 1.76. The van der Waals surface area contributed by atoms with E-state index in [2.05, 4.69) is 4.90 Å². The Kier molecular flexibility index (Phi) is 6.92. The first-order valence-corrected chi connectivity index (χ1v) is 11.7. The van der Waals surface area contributed by atoms with Crippen LogP contribution < -0.4 is 11.3 Å². The first-order valence-electron chi connectivity index (χ1n) is 9.85. The van der Waals surface area contributed by atoms with Gasteiger partial charge in [-0.05, 0) is 17.2 Å². The van der Waals surface area contributed by atoms with Crippen molar-refractivity contribution in [2.24, 2.45) is 12.8 Å². The van der Waals surface area contributed by atoms with Crippen molar-refractivity contribution in [2.45, 2.75) is 13.1 Å². The highest BCUT2D eigenvalue weighted by Gasteiger charge is 2.24. The van der Waals surface area contributed by atoms with Gasteiger partial charge in [0.25, 0.3) is 5.56 Å². The van der Waals surface area contributed by atoms with E-state index in [9.17, 15) is 13.2 Å². The highest BCUT2D eigenvalue weighted by molar-refractivity contribution is 7.88. The molecule has 10 heteroatoms. The maximum absolute atomic E-state index is 12.7. The van der Waals surface area contributed by atoms with Gasteiger partial charge in [0, 0.05) is 51.5 Å². The minimum atomic E-state index is -3.16. The van der Waals surface area contributed by atoms with Crippen LogP contribution in [0.15, 0.2) is 45.7 Å². The van der Waals surface area contributed by atoms with E-state index in [4.69, 9.17) is 10.2 Å². The molecule has 0 radical (unpaired) electrons. The third-order valence-corrected chi connectivity index (χ3v) is 6.88. The Bertz CT molecular complexity index is 1230. The molecule has 1 aromatic carbocycles. The van der Waals surface area contributed by atoms with E-state index in [0.717, 1.165) is 16.7 Å². The smallest absolute Gasteiger partial charge is 0.261 e. The van der Waals surface area contributed by atoms with Crippen molar-refractivity contribution >= 4 is 33.4 Å². The summed E-state index contributed by atoms with van der Waals surface area (Å²) in [6.07, 6.45) is 3.03. The normalized spacial score (nSPS) is 15.8. The van der Waals surface area contributed by atoms with Gasteiger partial charge in [-0.2, -0.15) is 4.31 Å². The number of fused-ring (bicyclic) bond motifs is 1. The average molecular weight is 467 g/mol. The summed E-state index contributed by atoms with van der Waals surface area (Å²) in [4.78, 5) is 14.8. The van der Waals surface area contributed by atoms with Gasteiger partial charge in [0.15, 0.2) is 0 Å². The number of rotatable bonds is 5. The maximum atomic E-state index is 12.7. The lowest BCUT2D eigenvalue weighted by Gasteiger charge is -2.32. The number of benzene rings is 1. The molecule has 0 spiro atoms. The molecule has 3 aromatic rings. The number of nitrogens with zero attached hydrogens (tertiary/aromatic N) is 3. The monoisotopic (exact) mass is 466 g/mol. The van der Waals surface area contributed by atoms with Gasteiger partial charge in [0.05, 0.1) is 18.2 Å². The lowest BCUT2D eigenvalue weighted by atomic mass is 10.0. The maximum Gasteiger partial charge on any atom is 0.261 e. The topological polar surface area (TPSA) is 102 Å². The Hall–Kier alpha value is -2.17. The lowest BCUT2D eigenvalue weighted by molar-refractivity contribution is 0.172. The van der Waals surface area contributed by atoms with Crippen molar-refractivity contribution in [3.05, 3.63) is 58.2 Å². The summed E-state index contributed by atoms with van der Waals surface area (Å²) >= 11 is 0. The molecular weight excluding hydrogens is 440 g/mol. The highest BCUT2D eigenvalue weighted by atomic mass is 35.5. The second-order valence-corrected chi connectivity index (χ2v) is 9.74. The number of halogens is 1. The molecule has 4 rings (SSSR count). The fraction of sp³-hybridized carbons (Fsp3) is 0.381. The van der Waals surface area contributed by atoms with Crippen molar-refractivity contribution in [3.8, 4) is 11.1 Å². The van der Waals surface area contributed by atoms with Crippen molar-refractivity contribution in [3.63, 3.8) is 0 Å². The van der Waals surface area contributed by atoms with Crippen LogP contribution in [0.1, 0.15) is 11.3 Å². The summed E-state index contributed by atoms with van der Waals surface area (Å²) in [5.74, 6) is 0.695. The van der Waals surface area contributed by atoms with E-state index in [1.54, 1.807) is 23.9 Å². The quantitative estimate of drug-likeness (QED) is 0.614. The number of piperazine rings is 1. The molecule has 1 aliphatic rings. The van der Waals surface area contributed by atoms with Crippen molar-refractivity contribution < 1.29 is 12.8 Å². The van der Waals surface area contributed by atoms with Gasteiger partial charge in [-0.3, -0.25) is 9.69 Å². The minimum absolute atomic E-state index is 0. The molecule has 0 saturated carbocycles. The van der Waals surface area contributed by atoms with Crippen molar-refractivity contribution in [1.82, 2.24) is 13.8 Å². The van der Waals surface area contributed by atoms with E-state index in [1.165, 1.54) is 10.6 Å². The highest BCUT2D eigenvalue weighted by Crippen LogP contribution is 2.30. The van der Waals surface area contributed by atoms with Crippen LogP contribution in [0, 0.1) is 0 Å². The molecule has 168 valence electrons. The van der Waals surface area contributed by atoms with Crippen LogP contribution in [0.3, 0.4) is 0 Å². The number of hydrogen-bond acceptors (Lipinski definition) is 6. The van der Waals surface area contributed by atoms with Crippen LogP contribution >= 0.6 is 12.4 Å². The summed E-state index contributed by atoms with van der Waals surface area (Å²) < 4.78 is 32.6. The van der Waals surface area contributed by atoms with Gasteiger partial charge >= 0.3 is 0 Å². The minimum Gasteiger partial charge on any atom is -0.459 e. The number of furan rings is 1. The van der Waals surface area contributed by atoms with Crippen LogP contribution in [0.5, 0.6) is 0 Å². The Morgan fingerprint density at radius 1 is 1.10 bits per heavy atom. The number of aromatic nitrogens is 1. The molecule has 0 unspecified atom stereocenters. The van der Waals surface area contributed by atoms with Gasteiger partial charge in [0.1, 0.15) is 11.3 Å². The molecule has 1 aliphatic heterocycles. The van der Waals surface area contributed by atoms with E-state index < -0.39 is 10.0 Å². The lowest BCUT2D eigenvalue weighted by Crippen LogP contribution is -2.47. The second-order valence-electron chi connectivity index (χ2n) is 7.75. The van der Waals surface area contributed by atoms with Gasteiger partial charge in [-0.1, -0.05) is 24.3 Å². The molecule has 1 fully saturated rings. The second kappa shape index (κ2) is 9.13. The number of pyridine rings is 1. The average Bonchev–Trinajstić information content (AvgIpc) is 3.14. The van der Waals surface area contributed by atoms with Crippen LogP contribution in [-0.4, -0.2) is 54.6 Å². The summed E-state index contributed by atoms with van der Waals surface area (Å²) in [5, 5.41) is 0.544. The third kappa shape index (κ3) is 4.86. The fourth-order valence-corrected chi connectivity index (χ4v) is 4.67. The summed E-state index contributed by atoms with van der Waals surface area (Å²) in [7, 11) is -1.43. The number of nitrogens with two attached hydrogens (primary N) is 1. The zero-order valence-corrected chi connectivity index (χ0v) is 19.2. The Labute approximate surface area is 187 Å². The molecule has 31 heavy (non-hydrogen) atoms. The van der Waals surface area contributed by atoms with Crippen LogP contribution in [0.25, 0.3) is 22.1 Å². The summed E-state index contributed by atoms with van der Waals surface area (Å²) in [6.45, 7) is 3.16. The molecule has 0 amide bonds. The van der Waals surface area contributed by atoms with Crippen LogP contribution in [0.4, 0.5) is 0 Å². The molecule has 0 bridgehead atoms. The Morgan fingerprint density at radius 3 is 2.32 bits per heavy atom. The zero-order valence-electron chi connectivity index (χ0n) is 17.6. The number of hydrogen-bond donors (Lipinski definition) is 1. The summed E-state index contributed by atoms with van der Waals surface area (Å²) in [6, 6.07) is 9.70. The Balaban J connectivity index is 0.00000272. The van der Waals surface area contributed by atoms with Crippen LogP contribution in [0.2, 0.25) is 0 Å². The van der Waals surface area contributed by atoms with Crippen molar-refractivity contribution in [2.75, 3.05) is 32.4 Å². The molecule has 3 heterocycles. The molecule has 0 atom stereocenters. The first kappa shape index (κ1) is 23.5. The van der Waals surface area contributed by atoms with E-state index in [1.807, 2.05) is 24.3 Å². The summed E-state index contributed by atoms with van der Waals surface area (Å²) in [5.41, 5.74) is 9.00. The molecular formula is C21H27ClN4O4S. The van der Waals surface area contributed by atoms with Gasteiger partial charge < -0.3 is 14.7 Å². The van der Waals surface area contributed by atoms with Crippen LogP contribution in [-0.2, 0) is 30.2 Å². The van der Waals surface area contributed by atoms with E-state index in [-0.39, 0.29) is 18.0 Å². The standard InChI is InChI=1S/C21H26N4O4S.ClH/c1-23-14-19(16-5-3-15(12-22)4-6-16)20-18(21(23)26)11-17(29-20)13-24-7-9-25(10-8-24)30(2,27)28;/h3-6,11,14H,7-10,12-13,22H2,1-2H3;1H. The molecule has 0 aliphatic carbocycles. The van der Waals surface area contributed by atoms with Gasteiger partial charge in [-0.25, -0.2) is 8.42 Å². The third-order valence-electron chi connectivity index (χ3n) is 5.58. The van der Waals surface area contributed by atoms with Gasteiger partial charge in [-0.15, -0.1) is 12.4 Å². The molecule has 2 N–H and O–H groups in total. The SMILES string of the molecule is Cl.Cn1cc(-c2ccc(CN)cc2)c2oc(CN3CCN(S(C)(=O)=O)CC3)cc2c1=O. The molecule has 2 aromatic heterocycles. The fourth-order valence-electron chi connectivity index (χ4n) is 3.85. The van der Waals surface area contributed by atoms with Crippen molar-refractivity contribution in [1.29, 1.82) is 0 Å².